The van der Waals surface area contributed by atoms with Gasteiger partial charge in [-0.1, -0.05) is 38.1 Å². The molecule has 0 N–H and O–H groups in total. The van der Waals surface area contributed by atoms with Gasteiger partial charge in [-0.25, -0.2) is 8.78 Å². The predicted octanol–water partition coefficient (Wildman–Crippen LogP) is 4.87. The third kappa shape index (κ3) is 3.40. The van der Waals surface area contributed by atoms with E-state index in [0.29, 0.717) is 6.42 Å². The van der Waals surface area contributed by atoms with E-state index >= 15 is 0 Å². The summed E-state index contributed by atoms with van der Waals surface area (Å²) in [5, 5.41) is 0. The van der Waals surface area contributed by atoms with Crippen LogP contribution < -0.4 is 0 Å². The average molecular weight is 260 g/mol. The Kier molecular flexibility index (Phi) is 4.31. The van der Waals surface area contributed by atoms with Crippen molar-refractivity contribution in [1.29, 1.82) is 0 Å². The standard InChI is InChI=1S/C17H18F2/c1-3-13-4-9-17(19)15(11-13)10-12(2)14-5-7-16(18)8-6-14/h4-9,11-12H,3,10H2,1-2H3. The van der Waals surface area contributed by atoms with Crippen molar-refractivity contribution in [2.45, 2.75) is 32.6 Å². The zero-order valence-electron chi connectivity index (χ0n) is 11.3. The number of hydrogen-bond acceptors (Lipinski definition) is 0. The molecule has 2 heteroatoms. The first-order valence-corrected chi connectivity index (χ1v) is 6.63. The van der Waals surface area contributed by atoms with Gasteiger partial charge in [-0.15, -0.1) is 0 Å². The second-order valence-electron chi connectivity index (χ2n) is 4.94. The number of rotatable bonds is 4. The summed E-state index contributed by atoms with van der Waals surface area (Å²) in [4.78, 5) is 0. The summed E-state index contributed by atoms with van der Waals surface area (Å²) in [6, 6.07) is 11.7. The first kappa shape index (κ1) is 13.7. The van der Waals surface area contributed by atoms with Crippen molar-refractivity contribution >= 4 is 0 Å². The molecule has 0 saturated heterocycles. The monoisotopic (exact) mass is 260 g/mol. The van der Waals surface area contributed by atoms with Gasteiger partial charge in [0.1, 0.15) is 11.6 Å². The van der Waals surface area contributed by atoms with Crippen molar-refractivity contribution in [3.63, 3.8) is 0 Å². The highest BCUT2D eigenvalue weighted by molar-refractivity contribution is 5.28. The molecule has 2 aromatic rings. The molecule has 0 heterocycles. The van der Waals surface area contributed by atoms with Crippen molar-refractivity contribution in [1.82, 2.24) is 0 Å². The molecule has 0 fully saturated rings. The number of hydrogen-bond donors (Lipinski definition) is 0. The molecule has 0 amide bonds. The molecule has 0 aromatic heterocycles. The fourth-order valence-electron chi connectivity index (χ4n) is 2.24. The van der Waals surface area contributed by atoms with E-state index in [1.54, 1.807) is 12.1 Å². The van der Waals surface area contributed by atoms with Gasteiger partial charge in [0.25, 0.3) is 0 Å². The van der Waals surface area contributed by atoms with Crippen LogP contribution in [0.5, 0.6) is 0 Å². The molecule has 1 atom stereocenters. The van der Waals surface area contributed by atoms with Gasteiger partial charge in [-0.3, -0.25) is 0 Å². The Bertz CT molecular complexity index is 544. The molecule has 0 bridgehead atoms. The maximum Gasteiger partial charge on any atom is 0.126 e. The van der Waals surface area contributed by atoms with Crippen molar-refractivity contribution in [2.75, 3.05) is 0 Å². The van der Waals surface area contributed by atoms with Crippen LogP contribution in [-0.4, -0.2) is 0 Å². The fourth-order valence-corrected chi connectivity index (χ4v) is 2.24. The van der Waals surface area contributed by atoms with Crippen molar-refractivity contribution in [2.24, 2.45) is 0 Å². The normalized spacial score (nSPS) is 12.4. The van der Waals surface area contributed by atoms with E-state index in [2.05, 4.69) is 6.92 Å². The minimum absolute atomic E-state index is 0.161. The maximum absolute atomic E-state index is 13.8. The van der Waals surface area contributed by atoms with Crippen LogP contribution in [0, 0.1) is 11.6 Å². The summed E-state index contributed by atoms with van der Waals surface area (Å²) < 4.78 is 26.7. The number of halogens is 2. The summed E-state index contributed by atoms with van der Waals surface area (Å²) >= 11 is 0. The molecule has 2 aromatic carbocycles. The highest BCUT2D eigenvalue weighted by Crippen LogP contribution is 2.23. The van der Waals surface area contributed by atoms with E-state index in [0.717, 1.165) is 23.1 Å². The van der Waals surface area contributed by atoms with Crippen LogP contribution in [-0.2, 0) is 12.8 Å². The molecule has 0 aliphatic carbocycles. The van der Waals surface area contributed by atoms with E-state index < -0.39 is 0 Å². The molecule has 0 spiro atoms. The summed E-state index contributed by atoms with van der Waals surface area (Å²) in [5.41, 5.74) is 2.90. The van der Waals surface area contributed by atoms with E-state index in [9.17, 15) is 8.78 Å². The second kappa shape index (κ2) is 5.96. The van der Waals surface area contributed by atoms with Crippen LogP contribution in [0.1, 0.15) is 36.5 Å². The lowest BCUT2D eigenvalue weighted by Crippen LogP contribution is -2.01. The Balaban J connectivity index is 2.18. The highest BCUT2D eigenvalue weighted by Gasteiger charge is 2.10. The molecular weight excluding hydrogens is 242 g/mol. The lowest BCUT2D eigenvalue weighted by Gasteiger charge is -2.13. The first-order valence-electron chi connectivity index (χ1n) is 6.63. The summed E-state index contributed by atoms with van der Waals surface area (Å²) in [5.74, 6) is -0.233. The van der Waals surface area contributed by atoms with Crippen LogP contribution in [0.15, 0.2) is 42.5 Å². The lowest BCUT2D eigenvalue weighted by atomic mass is 9.92. The molecule has 100 valence electrons. The largest absolute Gasteiger partial charge is 0.207 e. The van der Waals surface area contributed by atoms with Gasteiger partial charge in [0.15, 0.2) is 0 Å². The molecule has 1 unspecified atom stereocenters. The van der Waals surface area contributed by atoms with Gasteiger partial charge >= 0.3 is 0 Å². The van der Waals surface area contributed by atoms with E-state index in [4.69, 9.17) is 0 Å². The molecule has 0 nitrogen and oxygen atoms in total. The Morgan fingerprint density at radius 1 is 1.00 bits per heavy atom. The van der Waals surface area contributed by atoms with Gasteiger partial charge in [-0.05, 0) is 53.6 Å². The van der Waals surface area contributed by atoms with E-state index in [1.165, 1.54) is 18.2 Å². The molecule has 0 radical (unpaired) electrons. The summed E-state index contributed by atoms with van der Waals surface area (Å²) in [6.07, 6.45) is 1.53. The molecule has 19 heavy (non-hydrogen) atoms. The Morgan fingerprint density at radius 3 is 2.32 bits per heavy atom. The van der Waals surface area contributed by atoms with Crippen LogP contribution in [0.4, 0.5) is 8.78 Å². The number of aryl methyl sites for hydroxylation is 1. The van der Waals surface area contributed by atoms with Gasteiger partial charge in [-0.2, -0.15) is 0 Å². The van der Waals surface area contributed by atoms with Crippen molar-refractivity contribution < 1.29 is 8.78 Å². The SMILES string of the molecule is CCc1ccc(F)c(CC(C)c2ccc(F)cc2)c1. The van der Waals surface area contributed by atoms with E-state index in [1.807, 2.05) is 19.1 Å². The van der Waals surface area contributed by atoms with Crippen LogP contribution in [0.2, 0.25) is 0 Å². The Morgan fingerprint density at radius 2 is 1.68 bits per heavy atom. The van der Waals surface area contributed by atoms with Gasteiger partial charge in [0.2, 0.25) is 0 Å². The minimum atomic E-state index is -0.241. The average Bonchev–Trinajstić information content (AvgIpc) is 2.42. The van der Waals surface area contributed by atoms with Crippen LogP contribution >= 0.6 is 0 Å². The Hall–Kier alpha value is -1.70. The van der Waals surface area contributed by atoms with Crippen LogP contribution in [0.3, 0.4) is 0 Å². The first-order chi connectivity index (χ1) is 9.10. The predicted molar refractivity (Wildman–Crippen MR) is 74.3 cm³/mol. The minimum Gasteiger partial charge on any atom is -0.207 e. The van der Waals surface area contributed by atoms with Gasteiger partial charge in [0, 0.05) is 0 Å². The highest BCUT2D eigenvalue weighted by atomic mass is 19.1. The topological polar surface area (TPSA) is 0 Å². The summed E-state index contributed by atoms with van der Waals surface area (Å²) in [6.45, 7) is 4.09. The molecule has 0 aliphatic heterocycles. The fraction of sp³-hybridized carbons (Fsp3) is 0.294. The summed E-state index contributed by atoms with van der Waals surface area (Å²) in [7, 11) is 0. The molecular formula is C17H18F2. The smallest absolute Gasteiger partial charge is 0.126 e. The maximum atomic E-state index is 13.8. The zero-order valence-corrected chi connectivity index (χ0v) is 11.3. The quantitative estimate of drug-likeness (QED) is 0.735. The molecule has 0 saturated carbocycles. The second-order valence-corrected chi connectivity index (χ2v) is 4.94. The van der Waals surface area contributed by atoms with Crippen molar-refractivity contribution in [3.05, 3.63) is 70.8 Å². The molecule has 0 aliphatic rings. The van der Waals surface area contributed by atoms with Gasteiger partial charge in [0.05, 0.1) is 0 Å². The molecule has 2 rings (SSSR count). The number of benzene rings is 2. The third-order valence-corrected chi connectivity index (χ3v) is 3.48. The lowest BCUT2D eigenvalue weighted by molar-refractivity contribution is 0.595. The van der Waals surface area contributed by atoms with E-state index in [-0.39, 0.29) is 17.6 Å². The third-order valence-electron chi connectivity index (χ3n) is 3.48. The zero-order chi connectivity index (χ0) is 13.8. The van der Waals surface area contributed by atoms with Crippen molar-refractivity contribution in [3.8, 4) is 0 Å². The van der Waals surface area contributed by atoms with Crippen LogP contribution in [0.25, 0.3) is 0 Å². The van der Waals surface area contributed by atoms with Gasteiger partial charge < -0.3 is 0 Å². The Labute approximate surface area is 113 Å².